The fourth-order valence-corrected chi connectivity index (χ4v) is 2.44. The summed E-state index contributed by atoms with van der Waals surface area (Å²) in [5.74, 6) is -0.257. The minimum absolute atomic E-state index is 0.257. The van der Waals surface area contributed by atoms with Gasteiger partial charge in [-0.05, 0) is 12.1 Å². The van der Waals surface area contributed by atoms with Gasteiger partial charge in [0.05, 0.1) is 5.56 Å². The SMILES string of the molecule is Cn1ccsc1=NC(=O)c1c[nH]c2ncccc12. The molecule has 0 spiro atoms. The zero-order chi connectivity index (χ0) is 12.5. The zero-order valence-corrected chi connectivity index (χ0v) is 10.4. The Morgan fingerprint density at radius 2 is 2.44 bits per heavy atom. The molecule has 0 aliphatic heterocycles. The predicted octanol–water partition coefficient (Wildman–Crippen LogP) is 1.70. The average molecular weight is 258 g/mol. The average Bonchev–Trinajstić information content (AvgIpc) is 2.96. The van der Waals surface area contributed by atoms with Crippen molar-refractivity contribution in [1.29, 1.82) is 0 Å². The van der Waals surface area contributed by atoms with E-state index in [-0.39, 0.29) is 5.91 Å². The summed E-state index contributed by atoms with van der Waals surface area (Å²) in [5, 5.41) is 2.69. The lowest BCUT2D eigenvalue weighted by molar-refractivity contribution is 0.0999. The number of aromatic amines is 1. The number of H-pyrrole nitrogens is 1. The number of carbonyl (C=O) groups is 1. The Kier molecular flexibility index (Phi) is 2.56. The molecule has 90 valence electrons. The molecule has 1 amide bonds. The predicted molar refractivity (Wildman–Crippen MR) is 69.3 cm³/mol. The smallest absolute Gasteiger partial charge is 0.281 e. The molecule has 1 N–H and O–H groups in total. The van der Waals surface area contributed by atoms with Gasteiger partial charge in [-0.15, -0.1) is 11.3 Å². The highest BCUT2D eigenvalue weighted by molar-refractivity contribution is 7.07. The number of nitrogens with one attached hydrogen (secondary N) is 1. The van der Waals surface area contributed by atoms with Crippen LogP contribution in [0, 0.1) is 0 Å². The zero-order valence-electron chi connectivity index (χ0n) is 9.62. The molecule has 3 aromatic rings. The summed E-state index contributed by atoms with van der Waals surface area (Å²) in [7, 11) is 1.86. The molecule has 3 aromatic heterocycles. The molecule has 0 bridgehead atoms. The van der Waals surface area contributed by atoms with Crippen molar-refractivity contribution in [2.75, 3.05) is 0 Å². The molecule has 0 aliphatic rings. The molecule has 0 atom stereocenters. The van der Waals surface area contributed by atoms with Gasteiger partial charge in [0.25, 0.3) is 5.91 Å². The van der Waals surface area contributed by atoms with Crippen molar-refractivity contribution in [1.82, 2.24) is 14.5 Å². The standard InChI is InChI=1S/C12H10N4OS/c1-16-5-6-18-12(16)15-11(17)9-7-14-10-8(9)3-2-4-13-10/h2-7H,1H3,(H,13,14). The number of hydrogen-bond donors (Lipinski definition) is 1. The first-order chi connectivity index (χ1) is 8.75. The van der Waals surface area contributed by atoms with Crippen LogP contribution in [0.3, 0.4) is 0 Å². The van der Waals surface area contributed by atoms with Crippen LogP contribution in [0.4, 0.5) is 0 Å². The van der Waals surface area contributed by atoms with E-state index in [0.717, 1.165) is 5.39 Å². The Labute approximate surface area is 106 Å². The molecule has 3 rings (SSSR count). The fraction of sp³-hybridized carbons (Fsp3) is 0.0833. The lowest BCUT2D eigenvalue weighted by Gasteiger charge is -1.92. The molecule has 5 nitrogen and oxygen atoms in total. The second-order valence-corrected chi connectivity index (χ2v) is 4.69. The quantitative estimate of drug-likeness (QED) is 0.722. The highest BCUT2D eigenvalue weighted by Crippen LogP contribution is 2.16. The Bertz CT molecular complexity index is 780. The topological polar surface area (TPSA) is 63.0 Å². The van der Waals surface area contributed by atoms with Crippen LogP contribution >= 0.6 is 11.3 Å². The maximum atomic E-state index is 12.1. The van der Waals surface area contributed by atoms with Crippen LogP contribution in [0.25, 0.3) is 11.0 Å². The van der Waals surface area contributed by atoms with Gasteiger partial charge >= 0.3 is 0 Å². The molecule has 0 aliphatic carbocycles. The van der Waals surface area contributed by atoms with Crippen molar-refractivity contribution in [2.45, 2.75) is 0 Å². The lowest BCUT2D eigenvalue weighted by Crippen LogP contribution is -2.12. The van der Waals surface area contributed by atoms with Crippen LogP contribution in [0.15, 0.2) is 41.1 Å². The van der Waals surface area contributed by atoms with Gasteiger partial charge in [0.2, 0.25) is 0 Å². The van der Waals surface area contributed by atoms with Crippen molar-refractivity contribution in [2.24, 2.45) is 12.0 Å². The van der Waals surface area contributed by atoms with Crippen LogP contribution in [0.2, 0.25) is 0 Å². The van der Waals surface area contributed by atoms with Gasteiger partial charge in [-0.1, -0.05) is 0 Å². The first-order valence-electron chi connectivity index (χ1n) is 5.37. The molecule has 0 fully saturated rings. The van der Waals surface area contributed by atoms with Crippen LogP contribution < -0.4 is 4.80 Å². The Morgan fingerprint density at radius 1 is 1.56 bits per heavy atom. The third-order valence-electron chi connectivity index (χ3n) is 2.64. The molecule has 0 saturated carbocycles. The lowest BCUT2D eigenvalue weighted by atomic mass is 10.2. The van der Waals surface area contributed by atoms with E-state index < -0.39 is 0 Å². The third-order valence-corrected chi connectivity index (χ3v) is 3.49. The maximum absolute atomic E-state index is 12.1. The summed E-state index contributed by atoms with van der Waals surface area (Å²) in [4.78, 5) is 24.0. The normalized spacial score (nSPS) is 12.2. The summed E-state index contributed by atoms with van der Waals surface area (Å²) in [6.45, 7) is 0. The number of aryl methyl sites for hydroxylation is 1. The Hall–Kier alpha value is -2.21. The van der Waals surface area contributed by atoms with E-state index in [1.54, 1.807) is 18.5 Å². The summed E-state index contributed by atoms with van der Waals surface area (Å²) in [5.41, 5.74) is 1.25. The minimum Gasteiger partial charge on any atom is -0.345 e. The number of hydrogen-bond acceptors (Lipinski definition) is 3. The number of thiazole rings is 1. The van der Waals surface area contributed by atoms with Crippen LogP contribution in [-0.4, -0.2) is 20.4 Å². The second kappa shape index (κ2) is 4.23. The van der Waals surface area contributed by atoms with Crippen molar-refractivity contribution in [3.63, 3.8) is 0 Å². The van der Waals surface area contributed by atoms with Crippen LogP contribution in [-0.2, 0) is 7.05 Å². The van der Waals surface area contributed by atoms with E-state index in [1.165, 1.54) is 11.3 Å². The third kappa shape index (κ3) is 1.76. The van der Waals surface area contributed by atoms with Gasteiger partial charge in [-0.25, -0.2) is 4.98 Å². The molecular weight excluding hydrogens is 248 g/mol. The molecule has 0 unspecified atom stereocenters. The van der Waals surface area contributed by atoms with Crippen molar-refractivity contribution in [3.8, 4) is 0 Å². The van der Waals surface area contributed by atoms with E-state index in [1.807, 2.05) is 29.3 Å². The van der Waals surface area contributed by atoms with Crippen LogP contribution in [0.1, 0.15) is 10.4 Å². The van der Waals surface area contributed by atoms with Gasteiger partial charge < -0.3 is 9.55 Å². The van der Waals surface area contributed by atoms with Crippen molar-refractivity contribution in [3.05, 3.63) is 46.5 Å². The number of carbonyl (C=O) groups excluding carboxylic acids is 1. The first-order valence-corrected chi connectivity index (χ1v) is 6.25. The van der Waals surface area contributed by atoms with E-state index in [4.69, 9.17) is 0 Å². The molecular formula is C12H10N4OS. The number of aromatic nitrogens is 3. The summed E-state index contributed by atoms with van der Waals surface area (Å²) >= 11 is 1.43. The number of amides is 1. The highest BCUT2D eigenvalue weighted by Gasteiger charge is 2.11. The van der Waals surface area contributed by atoms with E-state index in [0.29, 0.717) is 16.0 Å². The van der Waals surface area contributed by atoms with Gasteiger partial charge in [-0.2, -0.15) is 4.99 Å². The second-order valence-electron chi connectivity index (χ2n) is 3.82. The molecule has 0 radical (unpaired) electrons. The minimum atomic E-state index is -0.257. The first kappa shape index (κ1) is 10.9. The number of nitrogens with zero attached hydrogens (tertiary/aromatic N) is 3. The summed E-state index contributed by atoms with van der Waals surface area (Å²) in [6, 6.07) is 3.66. The van der Waals surface area contributed by atoms with Crippen molar-refractivity contribution < 1.29 is 4.79 Å². The molecule has 3 heterocycles. The van der Waals surface area contributed by atoms with Gasteiger partial charge in [-0.3, -0.25) is 4.79 Å². The van der Waals surface area contributed by atoms with E-state index >= 15 is 0 Å². The van der Waals surface area contributed by atoms with E-state index in [2.05, 4.69) is 15.0 Å². The van der Waals surface area contributed by atoms with E-state index in [9.17, 15) is 4.79 Å². The number of fused-ring (bicyclic) bond motifs is 1. The highest BCUT2D eigenvalue weighted by atomic mass is 32.1. The maximum Gasteiger partial charge on any atom is 0.281 e. The Balaban J connectivity index is 2.11. The number of pyridine rings is 1. The fourth-order valence-electron chi connectivity index (χ4n) is 1.71. The largest absolute Gasteiger partial charge is 0.345 e. The Morgan fingerprint density at radius 3 is 3.22 bits per heavy atom. The monoisotopic (exact) mass is 258 g/mol. The van der Waals surface area contributed by atoms with Gasteiger partial charge in [0.1, 0.15) is 5.65 Å². The molecule has 6 heteroatoms. The summed E-state index contributed by atoms with van der Waals surface area (Å²) in [6.07, 6.45) is 5.20. The van der Waals surface area contributed by atoms with Gasteiger partial charge in [0, 0.05) is 36.4 Å². The van der Waals surface area contributed by atoms with Gasteiger partial charge in [0.15, 0.2) is 4.80 Å². The van der Waals surface area contributed by atoms with Crippen molar-refractivity contribution >= 4 is 28.3 Å². The molecule has 0 saturated heterocycles. The van der Waals surface area contributed by atoms with Crippen LogP contribution in [0.5, 0.6) is 0 Å². The number of rotatable bonds is 1. The summed E-state index contributed by atoms with van der Waals surface area (Å²) < 4.78 is 1.82. The molecule has 0 aromatic carbocycles. The molecule has 18 heavy (non-hydrogen) atoms.